The van der Waals surface area contributed by atoms with Crippen LogP contribution in [-0.4, -0.2) is 47.9 Å². The fourth-order valence-electron chi connectivity index (χ4n) is 1.36. The van der Waals surface area contributed by atoms with Crippen LogP contribution in [-0.2, 0) is 14.4 Å². The van der Waals surface area contributed by atoms with Crippen molar-refractivity contribution in [3.05, 3.63) is 0 Å². The number of nitrogens with zero attached hydrogens (tertiary/aromatic N) is 1. The van der Waals surface area contributed by atoms with Crippen molar-refractivity contribution in [2.75, 3.05) is 20.1 Å². The maximum absolute atomic E-state index is 11.4. The Hall–Kier alpha value is -1.59. The largest absolute Gasteiger partial charge is 0.481 e. The number of hydrogen-bond donors (Lipinski definition) is 2. The number of hydrogen-bond acceptors (Lipinski definition) is 3. The van der Waals surface area contributed by atoms with Gasteiger partial charge in [-0.05, 0) is 13.3 Å². The van der Waals surface area contributed by atoms with Gasteiger partial charge in [-0.2, -0.15) is 0 Å². The molecular formula is C10H16N2O4. The molecule has 6 nitrogen and oxygen atoms in total. The van der Waals surface area contributed by atoms with Crippen LogP contribution in [0.1, 0.15) is 13.3 Å². The van der Waals surface area contributed by atoms with Crippen molar-refractivity contribution in [2.45, 2.75) is 13.3 Å². The monoisotopic (exact) mass is 228 g/mol. The molecule has 90 valence electrons. The third-order valence-electron chi connectivity index (χ3n) is 2.76. The van der Waals surface area contributed by atoms with Crippen LogP contribution in [0, 0.1) is 11.8 Å². The van der Waals surface area contributed by atoms with Crippen LogP contribution in [0.25, 0.3) is 0 Å². The second kappa shape index (κ2) is 4.96. The molecule has 2 amide bonds. The average Bonchev–Trinajstić information content (AvgIpc) is 3.04. The molecule has 1 rings (SSSR count). The summed E-state index contributed by atoms with van der Waals surface area (Å²) in [4.78, 5) is 34.7. The Bertz CT molecular complexity index is 316. The van der Waals surface area contributed by atoms with E-state index in [9.17, 15) is 14.4 Å². The molecule has 16 heavy (non-hydrogen) atoms. The zero-order chi connectivity index (χ0) is 12.3. The first kappa shape index (κ1) is 12.5. The maximum Gasteiger partial charge on any atom is 0.307 e. The van der Waals surface area contributed by atoms with Gasteiger partial charge >= 0.3 is 5.97 Å². The van der Waals surface area contributed by atoms with Crippen LogP contribution < -0.4 is 5.32 Å². The van der Waals surface area contributed by atoms with Crippen molar-refractivity contribution < 1.29 is 19.5 Å². The number of rotatable bonds is 5. The van der Waals surface area contributed by atoms with E-state index in [2.05, 4.69) is 5.32 Å². The summed E-state index contributed by atoms with van der Waals surface area (Å²) in [5.74, 6) is -2.50. The van der Waals surface area contributed by atoms with Gasteiger partial charge in [-0.25, -0.2) is 0 Å². The fourth-order valence-corrected chi connectivity index (χ4v) is 1.36. The summed E-state index contributed by atoms with van der Waals surface area (Å²) in [6, 6.07) is 0. The van der Waals surface area contributed by atoms with Gasteiger partial charge in [0, 0.05) is 13.6 Å². The van der Waals surface area contributed by atoms with Gasteiger partial charge in [-0.1, -0.05) is 0 Å². The number of carbonyl (C=O) groups excluding carboxylic acids is 2. The molecule has 0 saturated heterocycles. The highest BCUT2D eigenvalue weighted by molar-refractivity contribution is 5.91. The van der Waals surface area contributed by atoms with Crippen molar-refractivity contribution >= 4 is 17.8 Å². The van der Waals surface area contributed by atoms with Crippen LogP contribution in [0.15, 0.2) is 0 Å². The zero-order valence-electron chi connectivity index (χ0n) is 9.40. The number of aliphatic carboxylic acids is 1. The highest BCUT2D eigenvalue weighted by Crippen LogP contribution is 2.38. The standard InChI is InChI=1S/C10H16N2O4/c1-3-12(2)8(13)5-11-9(14)6-4-7(6)10(15)16/h6-7H,3-5H2,1-2H3,(H,11,14)(H,15,16)/t6-,7+/m1/s1. The predicted octanol–water partition coefficient (Wildman–Crippen LogP) is -0.698. The van der Waals surface area contributed by atoms with Gasteiger partial charge in [-0.3, -0.25) is 14.4 Å². The van der Waals surface area contributed by atoms with E-state index < -0.39 is 17.8 Å². The van der Waals surface area contributed by atoms with Crippen LogP contribution in [0.4, 0.5) is 0 Å². The number of carboxylic acid groups (broad SMARTS) is 1. The summed E-state index contributed by atoms with van der Waals surface area (Å²) in [7, 11) is 1.64. The maximum atomic E-state index is 11.4. The summed E-state index contributed by atoms with van der Waals surface area (Å²) < 4.78 is 0. The molecule has 1 saturated carbocycles. The molecule has 1 aliphatic carbocycles. The molecule has 0 aromatic carbocycles. The third-order valence-corrected chi connectivity index (χ3v) is 2.76. The van der Waals surface area contributed by atoms with Crippen LogP contribution in [0.3, 0.4) is 0 Å². The minimum Gasteiger partial charge on any atom is -0.481 e. The zero-order valence-corrected chi connectivity index (χ0v) is 9.40. The second-order valence-electron chi connectivity index (χ2n) is 3.91. The summed E-state index contributed by atoms with van der Waals surface area (Å²) in [5.41, 5.74) is 0. The summed E-state index contributed by atoms with van der Waals surface area (Å²) in [6.45, 7) is 2.35. The molecule has 0 unspecified atom stereocenters. The Labute approximate surface area is 93.6 Å². The molecule has 0 spiro atoms. The number of amides is 2. The Morgan fingerprint density at radius 2 is 2.00 bits per heavy atom. The van der Waals surface area contributed by atoms with Crippen molar-refractivity contribution in [1.82, 2.24) is 10.2 Å². The molecule has 0 aliphatic heterocycles. The van der Waals surface area contributed by atoms with Gasteiger partial charge in [0.25, 0.3) is 0 Å². The highest BCUT2D eigenvalue weighted by Gasteiger charge is 2.48. The first-order valence-corrected chi connectivity index (χ1v) is 5.21. The van der Waals surface area contributed by atoms with Crippen LogP contribution in [0.5, 0.6) is 0 Å². The van der Waals surface area contributed by atoms with Crippen molar-refractivity contribution in [2.24, 2.45) is 11.8 Å². The van der Waals surface area contributed by atoms with E-state index in [-0.39, 0.29) is 18.4 Å². The van der Waals surface area contributed by atoms with Crippen molar-refractivity contribution in [1.29, 1.82) is 0 Å². The molecule has 2 N–H and O–H groups in total. The van der Waals surface area contributed by atoms with Gasteiger partial charge in [0.1, 0.15) is 0 Å². The third kappa shape index (κ3) is 2.95. The van der Waals surface area contributed by atoms with Crippen LogP contribution in [0.2, 0.25) is 0 Å². The van der Waals surface area contributed by atoms with E-state index in [1.54, 1.807) is 7.05 Å². The molecule has 0 heterocycles. The number of carbonyl (C=O) groups is 3. The first-order valence-electron chi connectivity index (χ1n) is 5.21. The summed E-state index contributed by atoms with van der Waals surface area (Å²) >= 11 is 0. The number of carboxylic acids is 1. The van der Waals surface area contributed by atoms with E-state index in [0.717, 1.165) is 0 Å². The number of likely N-dealkylation sites (N-methyl/N-ethyl adjacent to an activating group) is 1. The number of nitrogens with one attached hydrogen (secondary N) is 1. The molecule has 0 bridgehead atoms. The van der Waals surface area contributed by atoms with Gasteiger partial charge in [0.2, 0.25) is 11.8 Å². The Morgan fingerprint density at radius 3 is 2.44 bits per heavy atom. The highest BCUT2D eigenvalue weighted by atomic mass is 16.4. The molecular weight excluding hydrogens is 212 g/mol. The predicted molar refractivity (Wildman–Crippen MR) is 55.6 cm³/mol. The van der Waals surface area contributed by atoms with E-state index in [0.29, 0.717) is 13.0 Å². The lowest BCUT2D eigenvalue weighted by Gasteiger charge is -2.14. The molecule has 0 radical (unpaired) electrons. The van der Waals surface area contributed by atoms with Crippen molar-refractivity contribution in [3.63, 3.8) is 0 Å². The normalized spacial score (nSPS) is 22.4. The van der Waals surface area contributed by atoms with Gasteiger partial charge in [0.05, 0.1) is 18.4 Å². The molecule has 1 fully saturated rings. The van der Waals surface area contributed by atoms with E-state index >= 15 is 0 Å². The van der Waals surface area contributed by atoms with Crippen LogP contribution >= 0.6 is 0 Å². The Morgan fingerprint density at radius 1 is 1.38 bits per heavy atom. The molecule has 0 aromatic heterocycles. The minimum absolute atomic E-state index is 0.0635. The molecule has 6 heteroatoms. The summed E-state index contributed by atoms with van der Waals surface area (Å²) in [5, 5.41) is 11.1. The van der Waals surface area contributed by atoms with E-state index in [1.807, 2.05) is 6.92 Å². The average molecular weight is 228 g/mol. The lowest BCUT2D eigenvalue weighted by Crippen LogP contribution is -2.38. The molecule has 1 aliphatic rings. The lowest BCUT2D eigenvalue weighted by atomic mass is 10.3. The SMILES string of the molecule is CCN(C)C(=O)CNC(=O)[C@@H]1C[C@@H]1C(=O)O. The Kier molecular flexibility index (Phi) is 3.87. The van der Waals surface area contributed by atoms with Crippen molar-refractivity contribution in [3.8, 4) is 0 Å². The van der Waals surface area contributed by atoms with E-state index in [4.69, 9.17) is 5.11 Å². The first-order chi connectivity index (χ1) is 7.47. The van der Waals surface area contributed by atoms with Gasteiger partial charge < -0.3 is 15.3 Å². The summed E-state index contributed by atoms with van der Waals surface area (Å²) in [6.07, 6.45) is 0.374. The smallest absolute Gasteiger partial charge is 0.307 e. The topological polar surface area (TPSA) is 86.7 Å². The Balaban J connectivity index is 2.27. The molecule has 2 atom stereocenters. The fraction of sp³-hybridized carbons (Fsp3) is 0.700. The molecule has 0 aromatic rings. The lowest BCUT2D eigenvalue weighted by molar-refractivity contribution is -0.140. The second-order valence-corrected chi connectivity index (χ2v) is 3.91. The van der Waals surface area contributed by atoms with Gasteiger partial charge in [-0.15, -0.1) is 0 Å². The quantitative estimate of drug-likeness (QED) is 0.651. The minimum atomic E-state index is -0.947. The van der Waals surface area contributed by atoms with Gasteiger partial charge in [0.15, 0.2) is 0 Å². The van der Waals surface area contributed by atoms with E-state index in [1.165, 1.54) is 4.90 Å².